The third-order valence-corrected chi connectivity index (χ3v) is 5.91. The number of benzene rings is 1. The van der Waals surface area contributed by atoms with Gasteiger partial charge in [0.15, 0.2) is 11.0 Å². The van der Waals surface area contributed by atoms with Crippen LogP contribution in [0.15, 0.2) is 53.9 Å². The zero-order valence-electron chi connectivity index (χ0n) is 13.7. The van der Waals surface area contributed by atoms with Gasteiger partial charge in [-0.05, 0) is 42.5 Å². The monoisotopic (exact) mass is 336 g/mol. The highest BCUT2D eigenvalue weighted by molar-refractivity contribution is 7.99. The highest BCUT2D eigenvalue weighted by Gasteiger charge is 2.22. The fourth-order valence-electron chi connectivity index (χ4n) is 3.29. The number of aromatic nitrogens is 4. The number of hydrogen-bond acceptors (Lipinski definition) is 4. The Kier molecular flexibility index (Phi) is 4.34. The van der Waals surface area contributed by atoms with Gasteiger partial charge in [0.25, 0.3) is 0 Å². The minimum atomic E-state index is 0.452. The molecule has 0 radical (unpaired) electrons. The van der Waals surface area contributed by atoms with Crippen LogP contribution in [0.2, 0.25) is 0 Å². The van der Waals surface area contributed by atoms with Crippen molar-refractivity contribution in [3.05, 3.63) is 59.9 Å². The number of fused-ring (bicyclic) bond motifs is 1. The average molecular weight is 336 g/mol. The summed E-state index contributed by atoms with van der Waals surface area (Å²) in [6.07, 6.45) is 8.52. The average Bonchev–Trinajstić information content (AvgIpc) is 2.86. The molecule has 0 saturated carbocycles. The smallest absolute Gasteiger partial charge is 0.191 e. The Morgan fingerprint density at radius 2 is 2.00 bits per heavy atom. The lowest BCUT2D eigenvalue weighted by Crippen LogP contribution is -2.00. The number of nitrogens with zero attached hydrogens (tertiary/aromatic N) is 4. The second-order valence-corrected chi connectivity index (χ2v) is 7.33. The third-order valence-electron chi connectivity index (χ3n) is 4.57. The number of pyridine rings is 1. The molecule has 2 heterocycles. The Labute approximate surface area is 146 Å². The maximum atomic E-state index is 4.44. The molecule has 0 bridgehead atoms. The molecular formula is C19H20N4S. The molecule has 0 amide bonds. The molecule has 0 saturated heterocycles. The van der Waals surface area contributed by atoms with Gasteiger partial charge in [-0.1, -0.05) is 42.4 Å². The van der Waals surface area contributed by atoms with E-state index < -0.39 is 0 Å². The van der Waals surface area contributed by atoms with Crippen LogP contribution in [0.4, 0.5) is 0 Å². The molecule has 1 atom stereocenters. The van der Waals surface area contributed by atoms with Crippen molar-refractivity contribution < 1.29 is 0 Å². The molecule has 0 N–H and O–H groups in total. The van der Waals surface area contributed by atoms with Gasteiger partial charge >= 0.3 is 0 Å². The molecule has 0 aliphatic heterocycles. The lowest BCUT2D eigenvalue weighted by Gasteiger charge is -2.16. The maximum Gasteiger partial charge on any atom is 0.191 e. The quantitative estimate of drug-likeness (QED) is 0.663. The number of rotatable bonds is 3. The largest absolute Gasteiger partial charge is 0.305 e. The number of thioether (sulfide) groups is 1. The molecular weight excluding hydrogens is 316 g/mol. The van der Waals surface area contributed by atoms with Crippen LogP contribution in [0, 0.1) is 0 Å². The first-order valence-electron chi connectivity index (χ1n) is 8.37. The van der Waals surface area contributed by atoms with Gasteiger partial charge in [0.1, 0.15) is 0 Å². The van der Waals surface area contributed by atoms with Crippen LogP contribution in [0.5, 0.6) is 0 Å². The van der Waals surface area contributed by atoms with Crippen molar-refractivity contribution in [2.75, 3.05) is 0 Å². The summed E-state index contributed by atoms with van der Waals surface area (Å²) >= 11 is 1.83. The van der Waals surface area contributed by atoms with E-state index in [1.807, 2.05) is 37.1 Å². The van der Waals surface area contributed by atoms with E-state index >= 15 is 0 Å². The van der Waals surface area contributed by atoms with Gasteiger partial charge < -0.3 is 4.57 Å². The zero-order chi connectivity index (χ0) is 16.4. The standard InChI is InChI=1S/C19H20N4S/c1-23-18(15-9-6-12-20-13-15)21-22-19(23)24-17-11-5-3-8-14-7-2-4-10-16(14)17/h2,4,6-7,9-10,12-13,17H,3,5,8,11H2,1H3. The number of aryl methyl sites for hydroxylation is 1. The van der Waals surface area contributed by atoms with Gasteiger partial charge in [-0.3, -0.25) is 4.98 Å². The third kappa shape index (κ3) is 2.96. The summed E-state index contributed by atoms with van der Waals surface area (Å²) in [5, 5.41) is 10.2. The highest BCUT2D eigenvalue weighted by Crippen LogP contribution is 2.42. The van der Waals surface area contributed by atoms with Crippen LogP contribution < -0.4 is 0 Å². The minimum Gasteiger partial charge on any atom is -0.305 e. The zero-order valence-corrected chi connectivity index (χ0v) is 14.5. The Balaban J connectivity index is 1.64. The molecule has 1 aliphatic rings. The van der Waals surface area contributed by atoms with Gasteiger partial charge in [-0.25, -0.2) is 0 Å². The van der Waals surface area contributed by atoms with Gasteiger partial charge in [0.05, 0.1) is 0 Å². The van der Waals surface area contributed by atoms with E-state index in [0.29, 0.717) is 5.25 Å². The van der Waals surface area contributed by atoms with Crippen LogP contribution in [0.25, 0.3) is 11.4 Å². The minimum absolute atomic E-state index is 0.452. The van der Waals surface area contributed by atoms with Gasteiger partial charge in [0, 0.05) is 30.3 Å². The van der Waals surface area contributed by atoms with Crippen LogP contribution in [-0.4, -0.2) is 19.7 Å². The lowest BCUT2D eigenvalue weighted by atomic mass is 10.0. The molecule has 1 aliphatic carbocycles. The van der Waals surface area contributed by atoms with Crippen LogP contribution >= 0.6 is 11.8 Å². The summed E-state index contributed by atoms with van der Waals surface area (Å²) < 4.78 is 2.08. The molecule has 4 rings (SSSR count). The topological polar surface area (TPSA) is 43.6 Å². The van der Waals surface area contributed by atoms with Gasteiger partial charge in [-0.2, -0.15) is 0 Å². The van der Waals surface area contributed by atoms with Gasteiger partial charge in [0.2, 0.25) is 0 Å². The van der Waals surface area contributed by atoms with Crippen molar-refractivity contribution in [1.82, 2.24) is 19.7 Å². The molecule has 0 fully saturated rings. The first-order valence-corrected chi connectivity index (χ1v) is 9.25. The summed E-state index contributed by atoms with van der Waals surface area (Å²) in [5.74, 6) is 0.868. The van der Waals surface area contributed by atoms with E-state index in [1.54, 1.807) is 6.20 Å². The molecule has 5 heteroatoms. The van der Waals surface area contributed by atoms with Crippen molar-refractivity contribution in [3.8, 4) is 11.4 Å². The Hall–Kier alpha value is -2.14. The molecule has 1 aromatic carbocycles. The highest BCUT2D eigenvalue weighted by atomic mass is 32.2. The van der Waals surface area contributed by atoms with E-state index in [2.05, 4.69) is 44.0 Å². The van der Waals surface area contributed by atoms with Crippen molar-refractivity contribution >= 4 is 11.8 Å². The normalized spacial score (nSPS) is 17.3. The van der Waals surface area contributed by atoms with Crippen molar-refractivity contribution in [2.24, 2.45) is 7.05 Å². The van der Waals surface area contributed by atoms with Crippen molar-refractivity contribution in [1.29, 1.82) is 0 Å². The molecule has 1 unspecified atom stereocenters. The van der Waals surface area contributed by atoms with Crippen molar-refractivity contribution in [2.45, 2.75) is 36.1 Å². The summed E-state index contributed by atoms with van der Waals surface area (Å²) in [7, 11) is 2.03. The summed E-state index contributed by atoms with van der Waals surface area (Å²) in [6, 6.07) is 12.8. The molecule has 24 heavy (non-hydrogen) atoms. The fraction of sp³-hybridized carbons (Fsp3) is 0.316. The van der Waals surface area contributed by atoms with E-state index in [1.165, 1.54) is 36.8 Å². The van der Waals surface area contributed by atoms with Crippen molar-refractivity contribution in [3.63, 3.8) is 0 Å². The Morgan fingerprint density at radius 3 is 2.88 bits per heavy atom. The van der Waals surface area contributed by atoms with E-state index in [9.17, 15) is 0 Å². The molecule has 0 spiro atoms. The summed E-state index contributed by atoms with van der Waals surface area (Å²) in [5.41, 5.74) is 3.95. The predicted molar refractivity (Wildman–Crippen MR) is 96.8 cm³/mol. The summed E-state index contributed by atoms with van der Waals surface area (Å²) in [4.78, 5) is 4.18. The first kappa shape index (κ1) is 15.4. The number of hydrogen-bond donors (Lipinski definition) is 0. The summed E-state index contributed by atoms with van der Waals surface area (Å²) in [6.45, 7) is 0. The lowest BCUT2D eigenvalue weighted by molar-refractivity contribution is 0.699. The predicted octanol–water partition coefficient (Wildman–Crippen LogP) is 4.44. The Morgan fingerprint density at radius 1 is 1.08 bits per heavy atom. The SMILES string of the molecule is Cn1c(SC2CCCCc3ccccc32)nnc1-c1cccnc1. The van der Waals surface area contributed by atoms with Crippen LogP contribution in [-0.2, 0) is 13.5 Å². The molecule has 4 nitrogen and oxygen atoms in total. The van der Waals surface area contributed by atoms with E-state index in [4.69, 9.17) is 0 Å². The second-order valence-electron chi connectivity index (χ2n) is 6.16. The molecule has 122 valence electrons. The van der Waals surface area contributed by atoms with Gasteiger partial charge in [-0.15, -0.1) is 10.2 Å². The Bertz CT molecular complexity index is 828. The molecule has 3 aromatic rings. The fourth-order valence-corrected chi connectivity index (χ4v) is 4.52. The van der Waals surface area contributed by atoms with E-state index in [-0.39, 0.29) is 0 Å². The second kappa shape index (κ2) is 6.77. The molecule has 2 aromatic heterocycles. The first-order chi connectivity index (χ1) is 11.8. The van der Waals surface area contributed by atoms with E-state index in [0.717, 1.165) is 16.5 Å². The maximum absolute atomic E-state index is 4.44. The van der Waals surface area contributed by atoms with Crippen LogP contribution in [0.1, 0.15) is 35.6 Å². The van der Waals surface area contributed by atoms with Crippen LogP contribution in [0.3, 0.4) is 0 Å².